The minimum atomic E-state index is -0.450. The zero-order valence-electron chi connectivity index (χ0n) is 14.0. The summed E-state index contributed by atoms with van der Waals surface area (Å²) in [6.07, 6.45) is 3.21. The van der Waals surface area contributed by atoms with Crippen LogP contribution in [-0.2, 0) is 9.53 Å². The van der Waals surface area contributed by atoms with Crippen molar-refractivity contribution >= 4 is 55.1 Å². The Morgan fingerprint density at radius 2 is 2.04 bits per heavy atom. The largest absolute Gasteiger partial charge is 0.451 e. The van der Waals surface area contributed by atoms with Crippen molar-refractivity contribution in [3.8, 4) is 0 Å². The van der Waals surface area contributed by atoms with Crippen molar-refractivity contribution in [2.75, 3.05) is 13.2 Å². The molecule has 0 aromatic carbocycles. The van der Waals surface area contributed by atoms with E-state index in [1.54, 1.807) is 6.07 Å². The first kappa shape index (κ1) is 18.4. The highest BCUT2D eigenvalue weighted by Crippen LogP contribution is 2.52. The quantitative estimate of drug-likeness (QED) is 0.583. The second kappa shape index (κ2) is 6.40. The summed E-state index contributed by atoms with van der Waals surface area (Å²) in [6, 6.07) is 1.98. The molecule has 24 heavy (non-hydrogen) atoms. The van der Waals surface area contributed by atoms with E-state index in [2.05, 4.69) is 52.6 Å². The number of carbonyl (C=O) groups excluding carboxylic acids is 2. The summed E-state index contributed by atoms with van der Waals surface area (Å²) < 4.78 is 6.89. The van der Waals surface area contributed by atoms with Gasteiger partial charge in [-0.15, -0.1) is 11.3 Å². The Morgan fingerprint density at radius 1 is 1.33 bits per heavy atom. The Bertz CT molecular complexity index is 668. The first-order valence-electron chi connectivity index (χ1n) is 8.00. The average Bonchev–Trinajstić information content (AvgIpc) is 2.92. The van der Waals surface area contributed by atoms with Gasteiger partial charge >= 0.3 is 5.97 Å². The number of halogens is 2. The molecule has 2 fully saturated rings. The fourth-order valence-electron chi connectivity index (χ4n) is 4.48. The molecule has 2 aliphatic rings. The minimum Gasteiger partial charge on any atom is -0.451 e. The van der Waals surface area contributed by atoms with Gasteiger partial charge in [-0.2, -0.15) is 0 Å². The number of likely N-dealkylation sites (tertiary alicyclic amines) is 1. The van der Waals surface area contributed by atoms with Gasteiger partial charge in [0.25, 0.3) is 5.91 Å². The summed E-state index contributed by atoms with van der Waals surface area (Å²) >= 11 is 7.99. The summed E-state index contributed by atoms with van der Waals surface area (Å²) in [7, 11) is 0. The Labute approximate surface area is 163 Å². The van der Waals surface area contributed by atoms with Crippen LogP contribution in [0.15, 0.2) is 14.3 Å². The third kappa shape index (κ3) is 3.73. The molecule has 1 aliphatic heterocycles. The second-order valence-electron chi connectivity index (χ2n) is 8.04. The topological polar surface area (TPSA) is 46.6 Å². The third-order valence-corrected chi connectivity index (χ3v) is 8.14. The lowest BCUT2D eigenvalue weighted by atomic mass is 9.65. The predicted octanol–water partition coefficient (Wildman–Crippen LogP) is 4.86. The Morgan fingerprint density at radius 3 is 2.67 bits per heavy atom. The predicted molar refractivity (Wildman–Crippen MR) is 101 cm³/mol. The number of amides is 1. The third-order valence-electron chi connectivity index (χ3n) is 4.91. The van der Waals surface area contributed by atoms with Crippen LogP contribution in [0.2, 0.25) is 0 Å². The van der Waals surface area contributed by atoms with Gasteiger partial charge in [-0.25, -0.2) is 4.79 Å². The molecule has 2 atom stereocenters. The summed E-state index contributed by atoms with van der Waals surface area (Å²) in [4.78, 5) is 27.1. The summed E-state index contributed by atoms with van der Waals surface area (Å²) in [6.45, 7) is 7.41. The molecule has 1 saturated carbocycles. The van der Waals surface area contributed by atoms with E-state index in [1.165, 1.54) is 11.3 Å². The smallest absolute Gasteiger partial charge is 0.348 e. The molecule has 1 aromatic rings. The molecular weight excluding hydrogens is 458 g/mol. The molecule has 0 radical (unpaired) electrons. The van der Waals surface area contributed by atoms with Crippen LogP contribution in [-0.4, -0.2) is 36.0 Å². The number of thiophene rings is 1. The summed E-state index contributed by atoms with van der Waals surface area (Å²) in [5.41, 5.74) is 0.453. The number of carbonyl (C=O) groups is 2. The number of ether oxygens (including phenoxy) is 1. The first-order valence-corrected chi connectivity index (χ1v) is 10.4. The van der Waals surface area contributed by atoms with E-state index < -0.39 is 5.97 Å². The molecule has 2 heterocycles. The molecule has 7 heteroatoms. The normalized spacial score (nSPS) is 28.0. The lowest BCUT2D eigenvalue weighted by Crippen LogP contribution is -2.39. The summed E-state index contributed by atoms with van der Waals surface area (Å²) in [5.74, 6) is -0.530. The second-order valence-corrected chi connectivity index (χ2v) is 11.3. The van der Waals surface area contributed by atoms with Gasteiger partial charge in [0, 0.05) is 17.1 Å². The molecule has 2 bridgehead atoms. The molecular formula is C17H21Br2NO3S. The first-order chi connectivity index (χ1) is 11.1. The van der Waals surface area contributed by atoms with Gasteiger partial charge in [-0.3, -0.25) is 4.79 Å². The minimum absolute atomic E-state index is 0.0792. The standard InChI is InChI=1S/C17H21Br2NO3S/c1-16(2)5-10-6-17(3,8-16)9-20(10)13(21)7-23-15(22)12-4-11(18)14(19)24-12/h4,10H,5-9H2,1-3H3/t10-,17-/m1/s1. The van der Waals surface area contributed by atoms with Crippen molar-refractivity contribution in [2.45, 2.75) is 46.1 Å². The van der Waals surface area contributed by atoms with E-state index >= 15 is 0 Å². The number of fused-ring (bicyclic) bond motifs is 2. The molecule has 3 rings (SSSR count). The van der Waals surface area contributed by atoms with Gasteiger partial charge in [-0.1, -0.05) is 20.8 Å². The maximum atomic E-state index is 12.6. The van der Waals surface area contributed by atoms with Crippen LogP contribution in [0.3, 0.4) is 0 Å². The Hall–Kier alpha value is -0.400. The van der Waals surface area contributed by atoms with E-state index in [0.717, 1.165) is 34.1 Å². The van der Waals surface area contributed by atoms with Gasteiger partial charge < -0.3 is 9.64 Å². The van der Waals surface area contributed by atoms with E-state index in [0.29, 0.717) is 4.88 Å². The molecule has 132 valence electrons. The van der Waals surface area contributed by atoms with Crippen LogP contribution in [0, 0.1) is 10.8 Å². The maximum absolute atomic E-state index is 12.6. The average molecular weight is 479 g/mol. The SMILES string of the molecule is CC1(C)C[C@@H]2C[C@@](C)(CN2C(=O)COC(=O)c2cc(Br)c(Br)s2)C1. The molecule has 1 aliphatic carbocycles. The van der Waals surface area contributed by atoms with Crippen LogP contribution in [0.4, 0.5) is 0 Å². The molecule has 1 amide bonds. The van der Waals surface area contributed by atoms with E-state index in [-0.39, 0.29) is 29.4 Å². The Balaban J connectivity index is 1.61. The molecule has 1 saturated heterocycles. The maximum Gasteiger partial charge on any atom is 0.348 e. The number of hydrogen-bond acceptors (Lipinski definition) is 4. The molecule has 0 spiro atoms. The molecule has 0 N–H and O–H groups in total. The number of hydrogen-bond donors (Lipinski definition) is 0. The van der Waals surface area contributed by atoms with Crippen LogP contribution in [0.1, 0.15) is 49.7 Å². The highest BCUT2D eigenvalue weighted by atomic mass is 79.9. The van der Waals surface area contributed by atoms with Gasteiger partial charge in [0.2, 0.25) is 0 Å². The van der Waals surface area contributed by atoms with E-state index in [4.69, 9.17) is 4.74 Å². The van der Waals surface area contributed by atoms with Crippen molar-refractivity contribution in [1.29, 1.82) is 0 Å². The highest BCUT2D eigenvalue weighted by Gasteiger charge is 2.50. The van der Waals surface area contributed by atoms with Crippen molar-refractivity contribution in [3.63, 3.8) is 0 Å². The zero-order chi connectivity index (χ0) is 17.7. The number of nitrogens with zero attached hydrogens (tertiary/aromatic N) is 1. The highest BCUT2D eigenvalue weighted by molar-refractivity contribution is 9.13. The van der Waals surface area contributed by atoms with Crippen molar-refractivity contribution in [2.24, 2.45) is 10.8 Å². The Kier molecular flexibility index (Phi) is 4.90. The van der Waals surface area contributed by atoms with Crippen molar-refractivity contribution in [1.82, 2.24) is 4.90 Å². The van der Waals surface area contributed by atoms with Crippen LogP contribution >= 0.6 is 43.2 Å². The van der Waals surface area contributed by atoms with Crippen LogP contribution < -0.4 is 0 Å². The van der Waals surface area contributed by atoms with Crippen LogP contribution in [0.25, 0.3) is 0 Å². The fraction of sp³-hybridized carbons (Fsp3) is 0.647. The van der Waals surface area contributed by atoms with Gasteiger partial charge in [0.05, 0.1) is 3.79 Å². The molecule has 0 unspecified atom stereocenters. The van der Waals surface area contributed by atoms with Gasteiger partial charge in [0.15, 0.2) is 6.61 Å². The van der Waals surface area contributed by atoms with Crippen LogP contribution in [0.5, 0.6) is 0 Å². The lowest BCUT2D eigenvalue weighted by molar-refractivity contribution is -0.135. The van der Waals surface area contributed by atoms with E-state index in [1.807, 2.05) is 4.90 Å². The number of esters is 1. The summed E-state index contributed by atoms with van der Waals surface area (Å²) in [5, 5.41) is 0. The lowest BCUT2D eigenvalue weighted by Gasteiger charge is -2.39. The van der Waals surface area contributed by atoms with Gasteiger partial charge in [0.1, 0.15) is 4.88 Å². The molecule has 4 nitrogen and oxygen atoms in total. The van der Waals surface area contributed by atoms with Crippen molar-refractivity contribution < 1.29 is 14.3 Å². The van der Waals surface area contributed by atoms with Gasteiger partial charge in [-0.05, 0) is 68.0 Å². The molecule has 1 aromatic heterocycles. The fourth-order valence-corrected chi connectivity index (χ4v) is 6.41. The zero-order valence-corrected chi connectivity index (χ0v) is 18.0. The van der Waals surface area contributed by atoms with E-state index in [9.17, 15) is 9.59 Å². The monoisotopic (exact) mass is 477 g/mol. The van der Waals surface area contributed by atoms with Crippen molar-refractivity contribution in [3.05, 3.63) is 19.2 Å². The number of rotatable bonds is 3.